The fourth-order valence-electron chi connectivity index (χ4n) is 2.08. The lowest BCUT2D eigenvalue weighted by Crippen LogP contribution is -2.21. The Kier molecular flexibility index (Phi) is 4.90. The molecule has 20 heavy (non-hydrogen) atoms. The Labute approximate surface area is 127 Å². The smallest absolute Gasteiger partial charge is 0.233 e. The maximum absolute atomic E-state index is 12.4. The van der Waals surface area contributed by atoms with Crippen molar-refractivity contribution in [3.63, 3.8) is 0 Å². The molecule has 0 radical (unpaired) electrons. The number of aromatic nitrogens is 1. The van der Waals surface area contributed by atoms with Crippen LogP contribution in [0.2, 0.25) is 0 Å². The number of aryl methyl sites for hydroxylation is 1. The summed E-state index contributed by atoms with van der Waals surface area (Å²) in [6, 6.07) is 11.7. The number of amides is 1. The van der Waals surface area contributed by atoms with Crippen LogP contribution in [0.1, 0.15) is 30.4 Å². The Morgan fingerprint density at radius 1 is 1.35 bits per heavy atom. The van der Waals surface area contributed by atoms with Crippen molar-refractivity contribution in [3.05, 3.63) is 58.2 Å². The van der Waals surface area contributed by atoms with Gasteiger partial charge >= 0.3 is 0 Å². The van der Waals surface area contributed by atoms with Gasteiger partial charge in [-0.15, -0.1) is 0 Å². The molecule has 1 aromatic heterocycles. The fourth-order valence-corrected chi connectivity index (χ4v) is 2.30. The van der Waals surface area contributed by atoms with Crippen molar-refractivity contribution in [2.24, 2.45) is 0 Å². The second kappa shape index (κ2) is 6.66. The topological polar surface area (TPSA) is 42.0 Å². The summed E-state index contributed by atoms with van der Waals surface area (Å²) in [6.07, 6.45) is 2.46. The monoisotopic (exact) mass is 332 g/mol. The highest BCUT2D eigenvalue weighted by atomic mass is 79.9. The first-order valence-corrected chi connectivity index (χ1v) is 7.39. The van der Waals surface area contributed by atoms with E-state index >= 15 is 0 Å². The third-order valence-corrected chi connectivity index (χ3v) is 4.06. The molecule has 0 aliphatic carbocycles. The van der Waals surface area contributed by atoms with Crippen molar-refractivity contribution in [2.45, 2.75) is 26.2 Å². The van der Waals surface area contributed by atoms with Crippen LogP contribution in [0.25, 0.3) is 0 Å². The Morgan fingerprint density at radius 2 is 2.05 bits per heavy atom. The van der Waals surface area contributed by atoms with E-state index < -0.39 is 0 Å². The third-order valence-electron chi connectivity index (χ3n) is 3.22. The summed E-state index contributed by atoms with van der Waals surface area (Å²) >= 11 is 3.40. The maximum atomic E-state index is 12.4. The Morgan fingerprint density at radius 3 is 2.65 bits per heavy atom. The molecule has 2 rings (SSSR count). The van der Waals surface area contributed by atoms with Gasteiger partial charge in [-0.3, -0.25) is 4.79 Å². The lowest BCUT2D eigenvalue weighted by molar-refractivity contribution is -0.117. The van der Waals surface area contributed by atoms with Crippen LogP contribution >= 0.6 is 15.9 Å². The molecule has 1 N–H and O–H groups in total. The molecule has 0 aliphatic rings. The van der Waals surface area contributed by atoms with E-state index in [0.29, 0.717) is 5.82 Å². The number of halogens is 1. The van der Waals surface area contributed by atoms with Crippen molar-refractivity contribution < 1.29 is 4.79 Å². The summed E-state index contributed by atoms with van der Waals surface area (Å²) in [6.45, 7) is 3.98. The molecule has 0 fully saturated rings. The average molecular weight is 333 g/mol. The van der Waals surface area contributed by atoms with Crippen molar-refractivity contribution in [1.29, 1.82) is 0 Å². The molecule has 1 heterocycles. The summed E-state index contributed by atoms with van der Waals surface area (Å²) in [5.74, 6) is 0.417. The van der Waals surface area contributed by atoms with Gasteiger partial charge in [0.2, 0.25) is 5.91 Å². The van der Waals surface area contributed by atoms with Gasteiger partial charge in [0.25, 0.3) is 0 Å². The Balaban J connectivity index is 2.15. The molecule has 104 valence electrons. The van der Waals surface area contributed by atoms with E-state index in [1.807, 2.05) is 50.2 Å². The zero-order chi connectivity index (χ0) is 14.5. The second-order valence-electron chi connectivity index (χ2n) is 4.68. The third kappa shape index (κ3) is 3.45. The van der Waals surface area contributed by atoms with E-state index in [1.54, 1.807) is 6.20 Å². The highest BCUT2D eigenvalue weighted by Gasteiger charge is 2.18. The van der Waals surface area contributed by atoms with E-state index in [1.165, 1.54) is 0 Å². The van der Waals surface area contributed by atoms with E-state index in [-0.39, 0.29) is 11.8 Å². The van der Waals surface area contributed by atoms with Crippen molar-refractivity contribution in [3.8, 4) is 0 Å². The van der Waals surface area contributed by atoms with Crippen LogP contribution in [0.3, 0.4) is 0 Å². The minimum absolute atomic E-state index is 0.0204. The summed E-state index contributed by atoms with van der Waals surface area (Å²) in [7, 11) is 0. The molecule has 1 unspecified atom stereocenters. The fraction of sp³-hybridized carbons (Fsp3) is 0.250. The lowest BCUT2D eigenvalue weighted by atomic mass is 9.96. The maximum Gasteiger partial charge on any atom is 0.233 e. The minimum Gasteiger partial charge on any atom is -0.310 e. The van der Waals surface area contributed by atoms with Gasteiger partial charge < -0.3 is 5.32 Å². The summed E-state index contributed by atoms with van der Waals surface area (Å²) < 4.78 is 0.936. The largest absolute Gasteiger partial charge is 0.310 e. The second-order valence-corrected chi connectivity index (χ2v) is 5.53. The van der Waals surface area contributed by atoms with Crippen molar-refractivity contribution in [1.82, 2.24) is 4.98 Å². The van der Waals surface area contributed by atoms with Gasteiger partial charge in [-0.1, -0.05) is 37.3 Å². The summed E-state index contributed by atoms with van der Waals surface area (Å²) in [4.78, 5) is 16.6. The predicted octanol–water partition coefficient (Wildman–Crippen LogP) is 4.28. The van der Waals surface area contributed by atoms with Crippen LogP contribution in [-0.4, -0.2) is 10.9 Å². The van der Waals surface area contributed by atoms with Crippen LogP contribution in [0, 0.1) is 6.92 Å². The zero-order valence-corrected chi connectivity index (χ0v) is 13.1. The highest BCUT2D eigenvalue weighted by Crippen LogP contribution is 2.22. The van der Waals surface area contributed by atoms with Crippen LogP contribution in [0.4, 0.5) is 5.82 Å². The lowest BCUT2D eigenvalue weighted by Gasteiger charge is -2.15. The van der Waals surface area contributed by atoms with Gasteiger partial charge in [0.1, 0.15) is 5.82 Å². The molecule has 0 saturated heterocycles. The van der Waals surface area contributed by atoms with Crippen LogP contribution in [0.5, 0.6) is 0 Å². The molecule has 1 aromatic carbocycles. The molecule has 2 aromatic rings. The number of carbonyl (C=O) groups is 1. The highest BCUT2D eigenvalue weighted by molar-refractivity contribution is 9.10. The van der Waals surface area contributed by atoms with Crippen LogP contribution in [0.15, 0.2) is 47.1 Å². The molecule has 0 saturated carbocycles. The number of benzene rings is 1. The number of anilines is 1. The Bertz CT molecular complexity index is 599. The summed E-state index contributed by atoms with van der Waals surface area (Å²) in [5, 5.41) is 2.89. The quantitative estimate of drug-likeness (QED) is 0.907. The van der Waals surface area contributed by atoms with Gasteiger partial charge in [0.05, 0.1) is 5.92 Å². The number of hydrogen-bond donors (Lipinski definition) is 1. The van der Waals surface area contributed by atoms with Gasteiger partial charge in [-0.2, -0.15) is 0 Å². The van der Waals surface area contributed by atoms with Gasteiger partial charge in [0.15, 0.2) is 0 Å². The molecule has 4 heteroatoms. The SMILES string of the molecule is CCC(C(=O)Nc1cc(C)c(Br)cn1)c1ccccc1. The van der Waals surface area contributed by atoms with E-state index in [4.69, 9.17) is 0 Å². The number of rotatable bonds is 4. The Hall–Kier alpha value is -1.68. The van der Waals surface area contributed by atoms with Gasteiger partial charge in [-0.25, -0.2) is 4.98 Å². The average Bonchev–Trinajstić information content (AvgIpc) is 2.45. The predicted molar refractivity (Wildman–Crippen MR) is 84.8 cm³/mol. The summed E-state index contributed by atoms with van der Waals surface area (Å²) in [5.41, 5.74) is 2.07. The molecule has 0 aliphatic heterocycles. The number of nitrogens with zero attached hydrogens (tertiary/aromatic N) is 1. The van der Waals surface area contributed by atoms with E-state index in [0.717, 1.165) is 22.0 Å². The van der Waals surface area contributed by atoms with Gasteiger partial charge in [0, 0.05) is 10.7 Å². The number of carbonyl (C=O) groups excluding carboxylic acids is 1. The molecule has 1 atom stereocenters. The molecule has 0 bridgehead atoms. The first-order chi connectivity index (χ1) is 9.61. The molecule has 1 amide bonds. The first-order valence-electron chi connectivity index (χ1n) is 6.59. The minimum atomic E-state index is -0.151. The molecular formula is C16H17BrN2O. The molecule has 0 spiro atoms. The number of nitrogens with one attached hydrogen (secondary N) is 1. The van der Waals surface area contributed by atoms with E-state index in [2.05, 4.69) is 26.2 Å². The van der Waals surface area contributed by atoms with Crippen molar-refractivity contribution in [2.75, 3.05) is 5.32 Å². The van der Waals surface area contributed by atoms with E-state index in [9.17, 15) is 4.79 Å². The molecular weight excluding hydrogens is 316 g/mol. The first kappa shape index (κ1) is 14.7. The number of hydrogen-bond acceptors (Lipinski definition) is 2. The standard InChI is InChI=1S/C16H17BrN2O/c1-3-13(12-7-5-4-6-8-12)16(20)19-15-9-11(2)14(17)10-18-15/h4-10,13H,3H2,1-2H3,(H,18,19,20). The van der Waals surface area contributed by atoms with Crippen LogP contribution < -0.4 is 5.32 Å². The normalized spacial score (nSPS) is 11.9. The molecule has 3 nitrogen and oxygen atoms in total. The number of pyridine rings is 1. The van der Waals surface area contributed by atoms with Crippen LogP contribution in [-0.2, 0) is 4.79 Å². The zero-order valence-electron chi connectivity index (χ0n) is 11.6. The van der Waals surface area contributed by atoms with Crippen molar-refractivity contribution >= 4 is 27.7 Å². The van der Waals surface area contributed by atoms with Gasteiger partial charge in [-0.05, 0) is 46.5 Å².